The van der Waals surface area contributed by atoms with Crippen LogP contribution in [0.25, 0.3) is 0 Å². The number of carbonyl (C=O) groups is 1. The van der Waals surface area contributed by atoms with E-state index in [9.17, 15) is 23.3 Å². The number of sulfonamides is 1. The van der Waals surface area contributed by atoms with Gasteiger partial charge in [-0.1, -0.05) is 12.5 Å². The number of unbranched alkanes of at least 4 members (excludes halogenated alkanes) is 1. The summed E-state index contributed by atoms with van der Waals surface area (Å²) in [7, 11) is -4.00. The molecule has 1 atom stereocenters. The van der Waals surface area contributed by atoms with Crippen LogP contribution in [0.1, 0.15) is 49.4 Å². The van der Waals surface area contributed by atoms with Crippen LogP contribution >= 0.6 is 0 Å². The van der Waals surface area contributed by atoms with Crippen LogP contribution in [0.5, 0.6) is 0 Å². The summed E-state index contributed by atoms with van der Waals surface area (Å²) in [5.41, 5.74) is 0.377. The van der Waals surface area contributed by atoms with Crippen molar-refractivity contribution in [2.24, 2.45) is 0 Å². The minimum absolute atomic E-state index is 0.211. The monoisotopic (exact) mass is 474 g/mol. The van der Waals surface area contributed by atoms with Crippen molar-refractivity contribution in [3.05, 3.63) is 64.2 Å². The van der Waals surface area contributed by atoms with E-state index in [1.807, 2.05) is 0 Å². The first-order chi connectivity index (χ1) is 15.8. The SMILES string of the molecule is CC1CCCCN1CCCCNC(=O)c1ccc(NS(=O)(=O)c2cccc([N+](=O)[O-])c2)cc1. The van der Waals surface area contributed by atoms with Crippen LogP contribution in [0.3, 0.4) is 0 Å². The Morgan fingerprint density at radius 2 is 1.91 bits per heavy atom. The van der Waals surface area contributed by atoms with Crippen LogP contribution < -0.4 is 10.0 Å². The summed E-state index contributed by atoms with van der Waals surface area (Å²) in [5.74, 6) is -0.213. The van der Waals surface area contributed by atoms with Crippen LogP contribution in [0.15, 0.2) is 53.4 Å². The van der Waals surface area contributed by atoms with Crippen molar-refractivity contribution >= 4 is 27.3 Å². The fourth-order valence-corrected chi connectivity index (χ4v) is 5.00. The van der Waals surface area contributed by atoms with Gasteiger partial charge in [-0.3, -0.25) is 19.6 Å². The van der Waals surface area contributed by atoms with E-state index in [0.29, 0.717) is 18.2 Å². The lowest BCUT2D eigenvalue weighted by Crippen LogP contribution is -2.38. The van der Waals surface area contributed by atoms with Crippen LogP contribution in [0.4, 0.5) is 11.4 Å². The number of nitrogens with one attached hydrogen (secondary N) is 2. The van der Waals surface area contributed by atoms with Gasteiger partial charge in [-0.05, 0) is 76.0 Å². The van der Waals surface area contributed by atoms with Gasteiger partial charge in [-0.15, -0.1) is 0 Å². The normalized spacial score (nSPS) is 16.8. The zero-order valence-corrected chi connectivity index (χ0v) is 19.5. The molecule has 2 N–H and O–H groups in total. The van der Waals surface area contributed by atoms with Gasteiger partial charge in [0.25, 0.3) is 21.6 Å². The van der Waals surface area contributed by atoms with Crippen LogP contribution in [-0.4, -0.2) is 49.8 Å². The molecule has 10 heteroatoms. The number of nitrogens with zero attached hydrogens (tertiary/aromatic N) is 2. The highest BCUT2D eigenvalue weighted by atomic mass is 32.2. The largest absolute Gasteiger partial charge is 0.352 e. The molecule has 2 aromatic rings. The van der Waals surface area contributed by atoms with Gasteiger partial charge in [-0.2, -0.15) is 0 Å². The minimum atomic E-state index is -4.00. The highest BCUT2D eigenvalue weighted by Crippen LogP contribution is 2.21. The number of non-ortho nitro benzene ring substituents is 1. The second kappa shape index (κ2) is 11.2. The number of piperidine rings is 1. The lowest BCUT2D eigenvalue weighted by molar-refractivity contribution is -0.385. The van der Waals surface area contributed by atoms with E-state index < -0.39 is 14.9 Å². The molecule has 1 heterocycles. The number of amides is 1. The van der Waals surface area contributed by atoms with Crippen LogP contribution in [0, 0.1) is 10.1 Å². The Morgan fingerprint density at radius 1 is 1.15 bits per heavy atom. The summed E-state index contributed by atoms with van der Waals surface area (Å²) in [6.45, 7) is 5.07. The number of carbonyl (C=O) groups excluding carboxylic acids is 1. The zero-order chi connectivity index (χ0) is 23.8. The molecule has 1 aliphatic heterocycles. The van der Waals surface area contributed by atoms with Crippen LogP contribution in [0.2, 0.25) is 0 Å². The summed E-state index contributed by atoms with van der Waals surface area (Å²) in [5, 5.41) is 13.8. The first kappa shape index (κ1) is 24.7. The smallest absolute Gasteiger partial charge is 0.270 e. The molecule has 1 unspecified atom stereocenters. The molecule has 0 saturated carbocycles. The summed E-state index contributed by atoms with van der Waals surface area (Å²) in [4.78, 5) is 24.9. The number of likely N-dealkylation sites (tertiary alicyclic amines) is 1. The van der Waals surface area contributed by atoms with E-state index in [1.54, 1.807) is 0 Å². The minimum Gasteiger partial charge on any atom is -0.352 e. The third-order valence-corrected chi connectivity index (χ3v) is 7.22. The maximum atomic E-state index is 12.5. The van der Waals surface area contributed by atoms with Gasteiger partial charge in [0.05, 0.1) is 9.82 Å². The molecule has 33 heavy (non-hydrogen) atoms. The molecular weight excluding hydrogens is 444 g/mol. The van der Waals surface area contributed by atoms with Crippen molar-refractivity contribution in [2.75, 3.05) is 24.4 Å². The van der Waals surface area contributed by atoms with Crippen molar-refractivity contribution in [3.63, 3.8) is 0 Å². The average molecular weight is 475 g/mol. The molecule has 1 aliphatic rings. The first-order valence-electron chi connectivity index (χ1n) is 11.2. The van der Waals surface area contributed by atoms with Crippen molar-refractivity contribution < 1.29 is 18.1 Å². The molecule has 3 rings (SSSR count). The first-order valence-corrected chi connectivity index (χ1v) is 12.6. The Morgan fingerprint density at radius 3 is 2.61 bits per heavy atom. The van der Waals surface area contributed by atoms with Gasteiger partial charge in [0.15, 0.2) is 0 Å². The third kappa shape index (κ3) is 7.00. The number of benzene rings is 2. The van der Waals surface area contributed by atoms with Gasteiger partial charge in [0, 0.05) is 36.0 Å². The zero-order valence-electron chi connectivity index (χ0n) is 18.7. The number of nitro groups is 1. The average Bonchev–Trinajstić information content (AvgIpc) is 2.80. The molecular formula is C23H30N4O5S. The van der Waals surface area contributed by atoms with Gasteiger partial charge in [0.2, 0.25) is 0 Å². The maximum Gasteiger partial charge on any atom is 0.270 e. The molecule has 1 fully saturated rings. The predicted octanol–water partition coefficient (Wildman–Crippen LogP) is 3.78. The molecule has 0 radical (unpaired) electrons. The number of rotatable bonds is 10. The lowest BCUT2D eigenvalue weighted by Gasteiger charge is -2.33. The molecule has 9 nitrogen and oxygen atoms in total. The lowest BCUT2D eigenvalue weighted by atomic mass is 10.0. The molecule has 0 spiro atoms. The van der Waals surface area contributed by atoms with Crippen molar-refractivity contribution in [1.82, 2.24) is 10.2 Å². The van der Waals surface area contributed by atoms with E-state index in [2.05, 4.69) is 21.9 Å². The van der Waals surface area contributed by atoms with Gasteiger partial charge >= 0.3 is 0 Å². The summed E-state index contributed by atoms with van der Waals surface area (Å²) < 4.78 is 27.4. The van der Waals surface area contributed by atoms with Crippen molar-refractivity contribution in [2.45, 2.75) is 50.0 Å². The summed E-state index contributed by atoms with van der Waals surface area (Å²) in [6, 6.07) is 11.5. The molecule has 178 valence electrons. The summed E-state index contributed by atoms with van der Waals surface area (Å²) >= 11 is 0. The van der Waals surface area contributed by atoms with Gasteiger partial charge in [0.1, 0.15) is 0 Å². The molecule has 0 bridgehead atoms. The Bertz CT molecular complexity index is 1070. The fourth-order valence-electron chi connectivity index (χ4n) is 3.90. The standard InChI is InChI=1S/C23H30N4O5S/c1-18-7-2-4-15-26(18)16-5-3-14-24-23(28)19-10-12-20(13-11-19)25-33(31,32)22-9-6-8-21(17-22)27(29)30/h6,8-13,17-18,25H,2-5,7,14-16H2,1H3,(H,24,28). The fraction of sp³-hybridized carbons (Fsp3) is 0.435. The van der Waals surface area contributed by atoms with Crippen LogP contribution in [-0.2, 0) is 10.0 Å². The van der Waals surface area contributed by atoms with E-state index in [4.69, 9.17) is 0 Å². The predicted molar refractivity (Wildman–Crippen MR) is 127 cm³/mol. The Hall–Kier alpha value is -2.98. The highest BCUT2D eigenvalue weighted by molar-refractivity contribution is 7.92. The van der Waals surface area contributed by atoms with Gasteiger partial charge < -0.3 is 10.2 Å². The highest BCUT2D eigenvalue weighted by Gasteiger charge is 2.19. The quantitative estimate of drug-likeness (QED) is 0.307. The third-order valence-electron chi connectivity index (χ3n) is 5.84. The number of hydrogen-bond acceptors (Lipinski definition) is 6. The Kier molecular flexibility index (Phi) is 8.40. The molecule has 1 saturated heterocycles. The number of hydrogen-bond donors (Lipinski definition) is 2. The number of anilines is 1. The Labute approximate surface area is 194 Å². The topological polar surface area (TPSA) is 122 Å². The van der Waals surface area contributed by atoms with Crippen molar-refractivity contribution in [1.29, 1.82) is 0 Å². The molecule has 0 aliphatic carbocycles. The summed E-state index contributed by atoms with van der Waals surface area (Å²) in [6.07, 6.45) is 5.76. The van der Waals surface area contributed by atoms with E-state index >= 15 is 0 Å². The second-order valence-corrected chi connectivity index (χ2v) is 9.96. The Balaban J connectivity index is 1.47. The maximum absolute atomic E-state index is 12.5. The molecule has 1 amide bonds. The van der Waals surface area contributed by atoms with E-state index in [0.717, 1.165) is 32.0 Å². The number of nitro benzene ring substituents is 1. The second-order valence-electron chi connectivity index (χ2n) is 8.28. The van der Waals surface area contributed by atoms with Crippen molar-refractivity contribution in [3.8, 4) is 0 Å². The van der Waals surface area contributed by atoms with E-state index in [1.165, 1.54) is 61.7 Å². The van der Waals surface area contributed by atoms with E-state index in [-0.39, 0.29) is 22.2 Å². The molecule has 0 aromatic heterocycles. The molecule has 2 aromatic carbocycles. The van der Waals surface area contributed by atoms with Gasteiger partial charge in [-0.25, -0.2) is 8.42 Å².